The lowest BCUT2D eigenvalue weighted by Crippen LogP contribution is -2.20. The molecule has 6 aromatic carbocycles. The van der Waals surface area contributed by atoms with Gasteiger partial charge < -0.3 is 0 Å². The van der Waals surface area contributed by atoms with Crippen molar-refractivity contribution in [1.29, 1.82) is 0 Å². The van der Waals surface area contributed by atoms with Gasteiger partial charge in [-0.2, -0.15) is 0 Å². The first-order valence-electron chi connectivity index (χ1n) is 12.7. The van der Waals surface area contributed by atoms with E-state index in [1.807, 2.05) is 0 Å². The van der Waals surface area contributed by atoms with Crippen LogP contribution in [0.1, 0.15) is 45.2 Å². The van der Waals surface area contributed by atoms with E-state index in [2.05, 4.69) is 146 Å². The fourth-order valence-corrected chi connectivity index (χ4v) is 6.11. The molecule has 0 N–H and O–H groups in total. The van der Waals surface area contributed by atoms with E-state index in [1.54, 1.807) is 0 Å². The lowest BCUT2D eigenvalue weighted by Gasteiger charge is -2.35. The van der Waals surface area contributed by atoms with Crippen LogP contribution in [-0.2, 0) is 0 Å². The van der Waals surface area contributed by atoms with Crippen LogP contribution in [-0.4, -0.2) is 0 Å². The molecule has 36 heavy (non-hydrogen) atoms. The van der Waals surface area contributed by atoms with Crippen LogP contribution in [0.2, 0.25) is 0 Å². The molecule has 0 saturated heterocycles. The van der Waals surface area contributed by atoms with Crippen LogP contribution in [0, 0.1) is 0 Å². The Labute approximate surface area is 212 Å². The smallest absolute Gasteiger partial charge is 0.0346 e. The summed E-state index contributed by atoms with van der Waals surface area (Å²) in [5, 5.41) is 2.58. The van der Waals surface area contributed by atoms with Crippen molar-refractivity contribution < 1.29 is 0 Å². The molecule has 0 spiro atoms. The van der Waals surface area contributed by atoms with Gasteiger partial charge in [0, 0.05) is 11.8 Å². The van der Waals surface area contributed by atoms with Crippen LogP contribution < -0.4 is 0 Å². The zero-order chi connectivity index (χ0) is 23.9. The molecule has 0 heteroatoms. The third-order valence-electron chi connectivity index (χ3n) is 7.69. The highest BCUT2D eigenvalue weighted by atomic mass is 14.4. The van der Waals surface area contributed by atoms with Gasteiger partial charge in [0.05, 0.1) is 0 Å². The van der Waals surface area contributed by atoms with Crippen molar-refractivity contribution in [2.24, 2.45) is 0 Å². The Morgan fingerprint density at radius 1 is 0.361 bits per heavy atom. The second-order valence-corrected chi connectivity index (χ2v) is 9.69. The molecule has 0 amide bonds. The first kappa shape index (κ1) is 20.9. The van der Waals surface area contributed by atoms with Gasteiger partial charge in [0.2, 0.25) is 0 Å². The molecule has 0 aromatic heterocycles. The van der Waals surface area contributed by atoms with Gasteiger partial charge in [-0.25, -0.2) is 0 Å². The van der Waals surface area contributed by atoms with Crippen LogP contribution in [0.25, 0.3) is 21.9 Å². The van der Waals surface area contributed by atoms with E-state index in [9.17, 15) is 0 Å². The maximum Gasteiger partial charge on any atom is 0.0346 e. The van der Waals surface area contributed by atoms with Crippen LogP contribution in [0.15, 0.2) is 146 Å². The summed E-state index contributed by atoms with van der Waals surface area (Å²) in [6.07, 6.45) is 0. The molecule has 7 rings (SSSR count). The van der Waals surface area contributed by atoms with Crippen LogP contribution >= 0.6 is 0 Å². The van der Waals surface area contributed by atoms with Gasteiger partial charge in [0.25, 0.3) is 0 Å². The summed E-state index contributed by atoms with van der Waals surface area (Å²) in [7, 11) is 0. The number of benzene rings is 6. The van der Waals surface area contributed by atoms with Crippen LogP contribution in [0.4, 0.5) is 0 Å². The average molecular weight is 459 g/mol. The van der Waals surface area contributed by atoms with Crippen LogP contribution in [0.5, 0.6) is 0 Å². The largest absolute Gasteiger partial charge is 0.0622 e. The Kier molecular flexibility index (Phi) is 5.03. The monoisotopic (exact) mass is 458 g/mol. The van der Waals surface area contributed by atoms with Gasteiger partial charge >= 0.3 is 0 Å². The second-order valence-electron chi connectivity index (χ2n) is 9.69. The molecule has 0 aliphatic heterocycles. The summed E-state index contributed by atoms with van der Waals surface area (Å²) >= 11 is 0. The van der Waals surface area contributed by atoms with E-state index >= 15 is 0 Å². The highest BCUT2D eigenvalue weighted by Crippen LogP contribution is 2.49. The summed E-state index contributed by atoms with van der Waals surface area (Å²) in [5.41, 5.74) is 10.9. The summed E-state index contributed by atoms with van der Waals surface area (Å²) in [6, 6.07) is 53.5. The third kappa shape index (κ3) is 3.38. The molecule has 2 atom stereocenters. The number of hydrogen-bond acceptors (Lipinski definition) is 0. The third-order valence-corrected chi connectivity index (χ3v) is 7.69. The topological polar surface area (TPSA) is 0 Å². The molecular formula is C36H26. The summed E-state index contributed by atoms with van der Waals surface area (Å²) in [5.74, 6) is 0.422. The molecule has 0 nitrogen and oxygen atoms in total. The molecule has 0 fully saturated rings. The Morgan fingerprint density at radius 2 is 0.889 bits per heavy atom. The van der Waals surface area contributed by atoms with Crippen LogP contribution in [0.3, 0.4) is 0 Å². The predicted molar refractivity (Wildman–Crippen MR) is 151 cm³/mol. The van der Waals surface area contributed by atoms with Crippen molar-refractivity contribution in [2.45, 2.75) is 11.8 Å². The van der Waals surface area contributed by atoms with E-state index in [0.29, 0.717) is 0 Å². The predicted octanol–water partition coefficient (Wildman–Crippen LogP) is 9.18. The number of hydrogen-bond donors (Lipinski definition) is 0. The van der Waals surface area contributed by atoms with E-state index < -0.39 is 0 Å². The molecular weight excluding hydrogens is 432 g/mol. The van der Waals surface area contributed by atoms with Crippen molar-refractivity contribution in [3.63, 3.8) is 0 Å². The molecule has 0 radical (unpaired) electrons. The first-order valence-corrected chi connectivity index (χ1v) is 12.7. The van der Waals surface area contributed by atoms with Gasteiger partial charge in [-0.3, -0.25) is 0 Å². The van der Waals surface area contributed by atoms with E-state index in [-0.39, 0.29) is 11.8 Å². The Bertz CT molecular complexity index is 1670. The summed E-state index contributed by atoms with van der Waals surface area (Å²) < 4.78 is 0. The van der Waals surface area contributed by atoms with Gasteiger partial charge in [-0.05, 0) is 61.3 Å². The SMILES string of the molecule is c1ccc(C2c3ccccc3C(c3ccccc3)c3cc(-c4cccc5ccccc45)ccc32)cc1. The van der Waals surface area contributed by atoms with Crippen molar-refractivity contribution >= 4 is 10.8 Å². The molecule has 6 aromatic rings. The normalized spacial score (nSPS) is 16.3. The minimum atomic E-state index is 0.201. The molecule has 1 aliphatic rings. The molecule has 0 heterocycles. The van der Waals surface area contributed by atoms with Gasteiger partial charge in [0.15, 0.2) is 0 Å². The van der Waals surface area contributed by atoms with Crippen molar-refractivity contribution in [3.05, 3.63) is 179 Å². The minimum absolute atomic E-state index is 0.201. The standard InChI is InChI=1S/C36H26/c1-3-13-26(14-4-1)35-31-19-9-10-20-32(31)36(27-15-5-2-6-16-27)34-24-28(22-23-33(34)35)30-21-11-17-25-12-7-8-18-29(25)30/h1-24,35-36H. The Balaban J connectivity index is 1.51. The van der Waals surface area contributed by atoms with E-state index in [4.69, 9.17) is 0 Å². The minimum Gasteiger partial charge on any atom is -0.0622 e. The quantitative estimate of drug-likeness (QED) is 0.248. The Morgan fingerprint density at radius 3 is 1.58 bits per heavy atom. The summed E-state index contributed by atoms with van der Waals surface area (Å²) in [4.78, 5) is 0. The maximum absolute atomic E-state index is 2.46. The van der Waals surface area contributed by atoms with Gasteiger partial charge in [-0.15, -0.1) is 0 Å². The number of fused-ring (bicyclic) bond motifs is 3. The van der Waals surface area contributed by atoms with E-state index in [1.165, 1.54) is 55.3 Å². The summed E-state index contributed by atoms with van der Waals surface area (Å²) in [6.45, 7) is 0. The fraction of sp³-hybridized carbons (Fsp3) is 0.0556. The Hall–Kier alpha value is -4.42. The molecule has 1 aliphatic carbocycles. The van der Waals surface area contributed by atoms with Crippen molar-refractivity contribution in [1.82, 2.24) is 0 Å². The molecule has 2 unspecified atom stereocenters. The van der Waals surface area contributed by atoms with Gasteiger partial charge in [-0.1, -0.05) is 140 Å². The molecule has 170 valence electrons. The highest BCUT2D eigenvalue weighted by Gasteiger charge is 2.34. The molecule has 0 bridgehead atoms. The molecule has 0 saturated carbocycles. The highest BCUT2D eigenvalue weighted by molar-refractivity contribution is 5.96. The zero-order valence-corrected chi connectivity index (χ0v) is 20.0. The first-order chi connectivity index (χ1) is 17.9. The van der Waals surface area contributed by atoms with Gasteiger partial charge in [0.1, 0.15) is 0 Å². The number of rotatable bonds is 3. The lowest BCUT2D eigenvalue weighted by molar-refractivity contribution is 0.822. The van der Waals surface area contributed by atoms with E-state index in [0.717, 1.165) is 0 Å². The lowest BCUT2D eigenvalue weighted by atomic mass is 9.68. The van der Waals surface area contributed by atoms with Crippen molar-refractivity contribution in [2.75, 3.05) is 0 Å². The van der Waals surface area contributed by atoms with Crippen molar-refractivity contribution in [3.8, 4) is 11.1 Å². The maximum atomic E-state index is 2.46. The fourth-order valence-electron chi connectivity index (χ4n) is 6.11. The second kappa shape index (κ2) is 8.66. The zero-order valence-electron chi connectivity index (χ0n) is 20.0. The average Bonchev–Trinajstić information content (AvgIpc) is 2.96.